The van der Waals surface area contributed by atoms with E-state index < -0.39 is 23.8 Å². The highest BCUT2D eigenvalue weighted by Gasteiger charge is 2.30. The fraction of sp³-hybridized carbons (Fsp3) is 0.400. The highest BCUT2D eigenvalue weighted by molar-refractivity contribution is 8.13. The van der Waals surface area contributed by atoms with E-state index >= 15 is 0 Å². The van der Waals surface area contributed by atoms with Crippen LogP contribution in [-0.2, 0) is 19.1 Å². The SMILES string of the molecule is CC(C)(C)S(=O)(=O)Nc1c(Cl)cc(S(=O)(=O)Cl)cc1Cl. The lowest BCUT2D eigenvalue weighted by molar-refractivity contribution is 0.566. The van der Waals surface area contributed by atoms with E-state index in [-0.39, 0.29) is 20.6 Å². The van der Waals surface area contributed by atoms with Crippen LogP contribution >= 0.6 is 33.9 Å². The number of anilines is 1. The highest BCUT2D eigenvalue weighted by Crippen LogP contribution is 2.36. The maximum atomic E-state index is 12.0. The predicted molar refractivity (Wildman–Crippen MR) is 81.8 cm³/mol. The first-order valence-corrected chi connectivity index (χ1v) is 9.76. The van der Waals surface area contributed by atoms with Crippen LogP contribution in [0.25, 0.3) is 0 Å². The lowest BCUT2D eigenvalue weighted by Crippen LogP contribution is -2.33. The van der Waals surface area contributed by atoms with Gasteiger partial charge in [0.2, 0.25) is 10.0 Å². The van der Waals surface area contributed by atoms with Crippen molar-refractivity contribution in [2.45, 2.75) is 30.4 Å². The number of sulfonamides is 1. The van der Waals surface area contributed by atoms with E-state index in [0.717, 1.165) is 12.1 Å². The van der Waals surface area contributed by atoms with Gasteiger partial charge in [-0.15, -0.1) is 0 Å². The molecular formula is C10H12Cl3NO4S2. The fourth-order valence-electron chi connectivity index (χ4n) is 1.08. The molecule has 1 aromatic rings. The Hall–Kier alpha value is -0.210. The minimum atomic E-state index is -4.01. The van der Waals surface area contributed by atoms with Crippen LogP contribution in [0.3, 0.4) is 0 Å². The second-order valence-corrected chi connectivity index (χ2v) is 10.7. The Morgan fingerprint density at radius 3 is 1.70 bits per heavy atom. The summed E-state index contributed by atoms with van der Waals surface area (Å²) in [5, 5.41) is -0.325. The van der Waals surface area contributed by atoms with Gasteiger partial charge in [-0.25, -0.2) is 16.8 Å². The molecule has 1 rings (SSSR count). The third-order valence-corrected chi connectivity index (χ3v) is 6.35. The van der Waals surface area contributed by atoms with Crippen LogP contribution in [-0.4, -0.2) is 21.6 Å². The molecule has 0 radical (unpaired) electrons. The van der Waals surface area contributed by atoms with Crippen LogP contribution < -0.4 is 4.72 Å². The molecule has 0 heterocycles. The van der Waals surface area contributed by atoms with Crippen molar-refractivity contribution in [2.24, 2.45) is 0 Å². The Morgan fingerprint density at radius 2 is 1.40 bits per heavy atom. The molecule has 0 aliphatic rings. The van der Waals surface area contributed by atoms with Crippen molar-refractivity contribution in [3.63, 3.8) is 0 Å². The minimum absolute atomic E-state index is 0.0904. The number of rotatable bonds is 3. The van der Waals surface area contributed by atoms with Crippen molar-refractivity contribution in [3.05, 3.63) is 22.2 Å². The summed E-state index contributed by atoms with van der Waals surface area (Å²) in [6.07, 6.45) is 0. The van der Waals surface area contributed by atoms with Gasteiger partial charge in [-0.05, 0) is 32.9 Å². The van der Waals surface area contributed by atoms with E-state index in [1.165, 1.54) is 20.8 Å². The van der Waals surface area contributed by atoms with Crippen molar-refractivity contribution in [2.75, 3.05) is 4.72 Å². The molecule has 1 N–H and O–H groups in total. The van der Waals surface area contributed by atoms with Crippen LogP contribution in [0.2, 0.25) is 10.0 Å². The first kappa shape index (κ1) is 17.8. The third-order valence-electron chi connectivity index (χ3n) is 2.34. The Bertz CT molecular complexity index is 713. The van der Waals surface area contributed by atoms with Gasteiger partial charge in [-0.3, -0.25) is 4.72 Å². The first-order chi connectivity index (χ1) is 8.75. The summed E-state index contributed by atoms with van der Waals surface area (Å²) in [5.41, 5.74) is -0.0904. The molecule has 0 aliphatic carbocycles. The molecule has 20 heavy (non-hydrogen) atoms. The normalized spacial score (nSPS) is 13.3. The van der Waals surface area contributed by atoms with Crippen LogP contribution in [0.15, 0.2) is 17.0 Å². The predicted octanol–water partition coefficient (Wildman–Crippen LogP) is 3.46. The molecule has 0 amide bonds. The molecule has 0 bridgehead atoms. The van der Waals surface area contributed by atoms with Crippen LogP contribution in [0.5, 0.6) is 0 Å². The molecule has 10 heteroatoms. The van der Waals surface area contributed by atoms with E-state index in [9.17, 15) is 16.8 Å². The van der Waals surface area contributed by atoms with E-state index in [1.807, 2.05) is 0 Å². The topological polar surface area (TPSA) is 80.3 Å². The maximum absolute atomic E-state index is 12.0. The molecule has 1 aromatic carbocycles. The smallest absolute Gasteiger partial charge is 0.261 e. The average Bonchev–Trinajstić information content (AvgIpc) is 2.20. The van der Waals surface area contributed by atoms with Gasteiger partial charge >= 0.3 is 0 Å². The molecule has 0 saturated carbocycles. The number of hydrogen-bond donors (Lipinski definition) is 1. The molecule has 114 valence electrons. The zero-order valence-corrected chi connectivity index (χ0v) is 14.6. The monoisotopic (exact) mass is 379 g/mol. The van der Waals surface area contributed by atoms with E-state index in [4.69, 9.17) is 33.9 Å². The number of benzene rings is 1. The molecule has 5 nitrogen and oxygen atoms in total. The third kappa shape index (κ3) is 3.92. The molecule has 0 atom stereocenters. The van der Waals surface area contributed by atoms with Gasteiger partial charge < -0.3 is 0 Å². The molecule has 0 spiro atoms. The van der Waals surface area contributed by atoms with Crippen molar-refractivity contribution in [1.82, 2.24) is 0 Å². The number of nitrogens with one attached hydrogen (secondary N) is 1. The van der Waals surface area contributed by atoms with Crippen LogP contribution in [0.1, 0.15) is 20.8 Å². The molecule has 0 saturated heterocycles. The Balaban J connectivity index is 3.38. The van der Waals surface area contributed by atoms with E-state index in [2.05, 4.69) is 4.72 Å². The first-order valence-electron chi connectivity index (χ1n) is 5.22. The second-order valence-electron chi connectivity index (χ2n) is 4.92. The molecule has 0 aliphatic heterocycles. The van der Waals surface area contributed by atoms with Crippen molar-refractivity contribution in [1.29, 1.82) is 0 Å². The zero-order valence-electron chi connectivity index (χ0n) is 10.7. The summed E-state index contributed by atoms with van der Waals surface area (Å²) >= 11 is 11.7. The van der Waals surface area contributed by atoms with Crippen LogP contribution in [0, 0.1) is 0 Å². The summed E-state index contributed by atoms with van der Waals surface area (Å²) < 4.78 is 47.6. The standard InChI is InChI=1S/C10H12Cl3NO4S2/c1-10(2,3)20(17,18)14-9-7(11)4-6(5-8(9)12)19(13,15)16/h4-5,14H,1-3H3. The maximum Gasteiger partial charge on any atom is 0.261 e. The largest absolute Gasteiger partial charge is 0.280 e. The van der Waals surface area contributed by atoms with E-state index in [0.29, 0.717) is 0 Å². The number of hydrogen-bond acceptors (Lipinski definition) is 4. The van der Waals surface area contributed by atoms with Crippen molar-refractivity contribution >= 4 is 58.6 Å². The lowest BCUT2D eigenvalue weighted by atomic mass is 10.3. The second kappa shape index (κ2) is 5.53. The summed E-state index contributed by atoms with van der Waals surface area (Å²) in [6, 6.07) is 2.05. The van der Waals surface area contributed by atoms with Crippen molar-refractivity contribution in [3.8, 4) is 0 Å². The minimum Gasteiger partial charge on any atom is -0.280 e. The van der Waals surface area contributed by atoms with Gasteiger partial charge in [0.15, 0.2) is 0 Å². The number of halogens is 3. The van der Waals surface area contributed by atoms with E-state index in [1.54, 1.807) is 0 Å². The molecule has 0 fully saturated rings. The van der Waals surface area contributed by atoms with Gasteiger partial charge in [0.1, 0.15) is 0 Å². The Morgan fingerprint density at radius 1 is 1.00 bits per heavy atom. The summed E-state index contributed by atoms with van der Waals surface area (Å²) in [5.74, 6) is 0. The van der Waals surface area contributed by atoms with Gasteiger partial charge in [-0.1, -0.05) is 23.2 Å². The average molecular weight is 381 g/mol. The van der Waals surface area contributed by atoms with Gasteiger partial charge in [0.05, 0.1) is 25.4 Å². The Kier molecular flexibility index (Phi) is 4.93. The lowest BCUT2D eigenvalue weighted by Gasteiger charge is -2.21. The van der Waals surface area contributed by atoms with Crippen LogP contribution in [0.4, 0.5) is 5.69 Å². The summed E-state index contributed by atoms with van der Waals surface area (Å²) in [4.78, 5) is -0.312. The quantitative estimate of drug-likeness (QED) is 0.814. The van der Waals surface area contributed by atoms with Gasteiger partial charge in [0.25, 0.3) is 9.05 Å². The Labute approximate surface area is 132 Å². The summed E-state index contributed by atoms with van der Waals surface area (Å²) in [6.45, 7) is 4.48. The molecule has 0 unspecified atom stereocenters. The van der Waals surface area contributed by atoms with Gasteiger partial charge in [0, 0.05) is 10.7 Å². The molecule has 0 aromatic heterocycles. The van der Waals surface area contributed by atoms with Gasteiger partial charge in [-0.2, -0.15) is 0 Å². The van der Waals surface area contributed by atoms with Crippen molar-refractivity contribution < 1.29 is 16.8 Å². The zero-order chi connectivity index (χ0) is 15.9. The highest BCUT2D eigenvalue weighted by atomic mass is 35.7. The fourth-order valence-corrected chi connectivity index (χ4v) is 3.48. The molecular weight excluding hydrogens is 369 g/mol. The summed E-state index contributed by atoms with van der Waals surface area (Å²) in [7, 11) is -2.58.